The van der Waals surface area contributed by atoms with Crippen LogP contribution in [0.2, 0.25) is 0 Å². The smallest absolute Gasteiger partial charge is 0.260 e. The van der Waals surface area contributed by atoms with E-state index in [2.05, 4.69) is 25.4 Å². The van der Waals surface area contributed by atoms with Crippen LogP contribution in [-0.2, 0) is 0 Å². The maximum absolute atomic E-state index is 12.4. The van der Waals surface area contributed by atoms with Crippen LogP contribution in [0.1, 0.15) is 21.9 Å². The topological polar surface area (TPSA) is 106 Å². The van der Waals surface area contributed by atoms with Crippen LogP contribution in [0.15, 0.2) is 41.5 Å². The van der Waals surface area contributed by atoms with Crippen molar-refractivity contribution < 1.29 is 4.79 Å². The zero-order valence-corrected chi connectivity index (χ0v) is 12.6. The van der Waals surface area contributed by atoms with Gasteiger partial charge < -0.3 is 10.3 Å². The number of carbonyl (C=O) groups excluding carboxylic acids is 1. The molecule has 0 aliphatic carbocycles. The molecule has 0 aromatic carbocycles. The third-order valence-corrected chi connectivity index (χ3v) is 3.22. The van der Waals surface area contributed by atoms with Crippen molar-refractivity contribution in [1.29, 1.82) is 0 Å². The Balaban J connectivity index is 1.89. The fourth-order valence-corrected chi connectivity index (χ4v) is 2.17. The molecular formula is C15H14N6O2. The summed E-state index contributed by atoms with van der Waals surface area (Å²) in [7, 11) is 0. The molecule has 0 unspecified atom stereocenters. The van der Waals surface area contributed by atoms with E-state index in [0.29, 0.717) is 22.9 Å². The number of H-pyrrole nitrogens is 1. The molecular weight excluding hydrogens is 296 g/mol. The van der Waals surface area contributed by atoms with Crippen LogP contribution in [-0.4, -0.2) is 30.6 Å². The molecule has 3 aromatic rings. The fraction of sp³-hybridized carbons (Fsp3) is 0.133. The summed E-state index contributed by atoms with van der Waals surface area (Å²) < 4.78 is 1.57. The van der Waals surface area contributed by atoms with Gasteiger partial charge >= 0.3 is 0 Å². The van der Waals surface area contributed by atoms with Crippen molar-refractivity contribution in [2.45, 2.75) is 13.8 Å². The summed E-state index contributed by atoms with van der Waals surface area (Å²) in [5, 5.41) is 6.79. The van der Waals surface area contributed by atoms with Gasteiger partial charge in [0, 0.05) is 12.3 Å². The predicted octanol–water partition coefficient (Wildman–Crippen LogP) is 1.22. The first-order chi connectivity index (χ1) is 11.0. The standard InChI is InChI=1S/C15H14N6O2/c1-9-11(8-17-21(9)13-5-3-4-6-16-13)15(23)20-12-7-14(22)19-10(2)18-12/h3-8H,1-2H3,(H2,18,19,20,22,23). The summed E-state index contributed by atoms with van der Waals surface area (Å²) in [5.41, 5.74) is 0.701. The molecule has 0 fully saturated rings. The van der Waals surface area contributed by atoms with Gasteiger partial charge in [-0.15, -0.1) is 0 Å². The second kappa shape index (κ2) is 5.84. The van der Waals surface area contributed by atoms with Gasteiger partial charge in [-0.05, 0) is 26.0 Å². The number of pyridine rings is 1. The van der Waals surface area contributed by atoms with Crippen molar-refractivity contribution in [2.75, 3.05) is 5.32 Å². The molecule has 1 amide bonds. The van der Waals surface area contributed by atoms with Crippen molar-refractivity contribution in [3.8, 4) is 5.82 Å². The second-order valence-corrected chi connectivity index (χ2v) is 4.91. The van der Waals surface area contributed by atoms with Crippen LogP contribution in [0.25, 0.3) is 5.82 Å². The SMILES string of the molecule is Cc1nc(NC(=O)c2cnn(-c3ccccn3)c2C)cc(=O)[nH]1. The Hall–Kier alpha value is -3.29. The summed E-state index contributed by atoms with van der Waals surface area (Å²) >= 11 is 0. The molecule has 23 heavy (non-hydrogen) atoms. The molecule has 116 valence electrons. The number of hydrogen-bond acceptors (Lipinski definition) is 5. The zero-order valence-electron chi connectivity index (χ0n) is 12.6. The molecule has 3 heterocycles. The van der Waals surface area contributed by atoms with Crippen molar-refractivity contribution >= 4 is 11.7 Å². The third-order valence-electron chi connectivity index (χ3n) is 3.22. The summed E-state index contributed by atoms with van der Waals surface area (Å²) in [4.78, 5) is 34.6. The lowest BCUT2D eigenvalue weighted by atomic mass is 10.2. The lowest BCUT2D eigenvalue weighted by molar-refractivity contribution is 0.102. The number of amides is 1. The number of rotatable bonds is 3. The lowest BCUT2D eigenvalue weighted by Gasteiger charge is -2.05. The number of aromatic amines is 1. The first-order valence-electron chi connectivity index (χ1n) is 6.90. The van der Waals surface area contributed by atoms with Gasteiger partial charge in [-0.1, -0.05) is 6.07 Å². The molecule has 0 aliphatic rings. The highest BCUT2D eigenvalue weighted by molar-refractivity contribution is 6.04. The summed E-state index contributed by atoms with van der Waals surface area (Å²) in [6.45, 7) is 3.41. The van der Waals surface area contributed by atoms with Gasteiger partial charge in [0.15, 0.2) is 5.82 Å². The predicted molar refractivity (Wildman–Crippen MR) is 83.6 cm³/mol. The normalized spacial score (nSPS) is 10.5. The van der Waals surface area contributed by atoms with E-state index >= 15 is 0 Å². The Labute approximate surface area is 131 Å². The van der Waals surface area contributed by atoms with Crippen LogP contribution in [0.5, 0.6) is 0 Å². The van der Waals surface area contributed by atoms with Crippen LogP contribution in [0.4, 0.5) is 5.82 Å². The summed E-state index contributed by atoms with van der Waals surface area (Å²) in [5.74, 6) is 0.853. The van der Waals surface area contributed by atoms with E-state index in [0.717, 1.165) is 0 Å². The Kier molecular flexibility index (Phi) is 3.71. The van der Waals surface area contributed by atoms with Crippen LogP contribution >= 0.6 is 0 Å². The van der Waals surface area contributed by atoms with E-state index < -0.39 is 0 Å². The quantitative estimate of drug-likeness (QED) is 0.756. The van der Waals surface area contributed by atoms with Gasteiger partial charge in [0.05, 0.1) is 17.5 Å². The average molecular weight is 310 g/mol. The minimum absolute atomic E-state index is 0.196. The Bertz CT molecular complexity index is 913. The number of nitrogens with zero attached hydrogens (tertiary/aromatic N) is 4. The number of nitrogens with one attached hydrogen (secondary N) is 2. The monoisotopic (exact) mass is 310 g/mol. The van der Waals surface area contributed by atoms with Gasteiger partial charge in [0.2, 0.25) is 0 Å². The highest BCUT2D eigenvalue weighted by atomic mass is 16.2. The average Bonchev–Trinajstić information content (AvgIpc) is 2.89. The maximum atomic E-state index is 12.4. The molecule has 0 radical (unpaired) electrons. The van der Waals surface area contributed by atoms with Gasteiger partial charge in [0.25, 0.3) is 11.5 Å². The van der Waals surface area contributed by atoms with Crippen molar-refractivity contribution in [2.24, 2.45) is 0 Å². The van der Waals surface area contributed by atoms with Gasteiger partial charge in [-0.25, -0.2) is 14.6 Å². The first kappa shape index (κ1) is 14.6. The molecule has 3 aromatic heterocycles. The van der Waals surface area contributed by atoms with E-state index in [1.54, 1.807) is 36.9 Å². The van der Waals surface area contributed by atoms with Crippen molar-refractivity contribution in [3.05, 3.63) is 64.1 Å². The van der Waals surface area contributed by atoms with Crippen molar-refractivity contribution in [3.63, 3.8) is 0 Å². The highest BCUT2D eigenvalue weighted by Gasteiger charge is 2.16. The minimum Gasteiger partial charge on any atom is -0.311 e. The minimum atomic E-state index is -0.387. The summed E-state index contributed by atoms with van der Waals surface area (Å²) in [6.07, 6.45) is 3.11. The number of anilines is 1. The largest absolute Gasteiger partial charge is 0.311 e. The molecule has 0 bridgehead atoms. The molecule has 3 rings (SSSR count). The van der Waals surface area contributed by atoms with Gasteiger partial charge in [-0.2, -0.15) is 5.10 Å². The van der Waals surface area contributed by atoms with E-state index in [1.165, 1.54) is 12.3 Å². The molecule has 0 aliphatic heterocycles. The Morgan fingerprint density at radius 1 is 1.30 bits per heavy atom. The highest BCUT2D eigenvalue weighted by Crippen LogP contribution is 2.13. The number of aromatic nitrogens is 5. The van der Waals surface area contributed by atoms with E-state index in [-0.39, 0.29) is 17.3 Å². The van der Waals surface area contributed by atoms with E-state index in [1.807, 2.05) is 6.07 Å². The van der Waals surface area contributed by atoms with Crippen molar-refractivity contribution in [1.82, 2.24) is 24.7 Å². The molecule has 0 spiro atoms. The number of aryl methyl sites for hydroxylation is 1. The molecule has 0 atom stereocenters. The van der Waals surface area contributed by atoms with Gasteiger partial charge in [0.1, 0.15) is 11.6 Å². The zero-order chi connectivity index (χ0) is 16.4. The van der Waals surface area contributed by atoms with E-state index in [9.17, 15) is 9.59 Å². The maximum Gasteiger partial charge on any atom is 0.260 e. The van der Waals surface area contributed by atoms with Crippen LogP contribution in [0.3, 0.4) is 0 Å². The fourth-order valence-electron chi connectivity index (χ4n) is 2.17. The molecule has 2 N–H and O–H groups in total. The Morgan fingerprint density at radius 3 is 2.83 bits per heavy atom. The molecule has 8 nitrogen and oxygen atoms in total. The first-order valence-corrected chi connectivity index (χ1v) is 6.90. The Morgan fingerprint density at radius 2 is 2.13 bits per heavy atom. The van der Waals surface area contributed by atoms with Crippen LogP contribution in [0, 0.1) is 13.8 Å². The lowest BCUT2D eigenvalue weighted by Crippen LogP contribution is -2.17. The molecule has 0 saturated carbocycles. The molecule has 0 saturated heterocycles. The summed E-state index contributed by atoms with van der Waals surface area (Å²) in [6, 6.07) is 6.66. The van der Waals surface area contributed by atoms with Crippen LogP contribution < -0.4 is 10.9 Å². The van der Waals surface area contributed by atoms with Gasteiger partial charge in [-0.3, -0.25) is 9.59 Å². The number of hydrogen-bond donors (Lipinski definition) is 2. The number of carbonyl (C=O) groups is 1. The second-order valence-electron chi connectivity index (χ2n) is 4.91. The van der Waals surface area contributed by atoms with E-state index in [4.69, 9.17) is 0 Å². The third kappa shape index (κ3) is 3.00. The molecule has 8 heteroatoms.